The van der Waals surface area contributed by atoms with Crippen LogP contribution in [0.5, 0.6) is 0 Å². The zero-order valence-electron chi connectivity index (χ0n) is 17.2. The Morgan fingerprint density at radius 1 is 1.13 bits per heavy atom. The van der Waals surface area contributed by atoms with Gasteiger partial charge in [-0.15, -0.1) is 5.10 Å². The van der Waals surface area contributed by atoms with E-state index in [1.807, 2.05) is 30.3 Å². The summed E-state index contributed by atoms with van der Waals surface area (Å²) in [6.45, 7) is 0.935. The lowest BCUT2D eigenvalue weighted by Gasteiger charge is -2.27. The summed E-state index contributed by atoms with van der Waals surface area (Å²) >= 11 is 0. The molecule has 31 heavy (non-hydrogen) atoms. The second-order valence-corrected chi connectivity index (χ2v) is 8.75. The first-order valence-corrected chi connectivity index (χ1v) is 10.7. The van der Waals surface area contributed by atoms with E-state index in [0.717, 1.165) is 29.9 Å². The third-order valence-corrected chi connectivity index (χ3v) is 6.32. The number of rotatable bonds is 6. The van der Waals surface area contributed by atoms with Gasteiger partial charge in [0.1, 0.15) is 11.6 Å². The molecule has 0 radical (unpaired) electrons. The molecule has 1 saturated heterocycles. The number of carbonyl (C=O) groups excluding carboxylic acids is 1. The molecule has 0 bridgehead atoms. The molecule has 7 heteroatoms. The van der Waals surface area contributed by atoms with Crippen molar-refractivity contribution in [1.29, 1.82) is 0 Å². The molecule has 1 atom stereocenters. The average molecular weight is 420 g/mol. The number of likely N-dealkylation sites (tertiary alicyclic amines) is 1. The Morgan fingerprint density at radius 2 is 1.87 bits per heavy atom. The first-order chi connectivity index (χ1) is 15.1. The number of halogens is 1. The molecule has 160 valence electrons. The monoisotopic (exact) mass is 420 g/mol. The van der Waals surface area contributed by atoms with E-state index in [9.17, 15) is 14.3 Å². The van der Waals surface area contributed by atoms with Crippen molar-refractivity contribution in [3.8, 4) is 5.69 Å². The minimum Gasteiger partial charge on any atom is -0.396 e. The lowest BCUT2D eigenvalue weighted by Crippen LogP contribution is -2.36. The summed E-state index contributed by atoms with van der Waals surface area (Å²) in [5.74, 6) is 0.917. The smallest absolute Gasteiger partial charge is 0.293 e. The Bertz CT molecular complexity index is 1080. The first kappa shape index (κ1) is 19.9. The van der Waals surface area contributed by atoms with Gasteiger partial charge in [-0.05, 0) is 55.5 Å². The second-order valence-electron chi connectivity index (χ2n) is 8.75. The third-order valence-electron chi connectivity index (χ3n) is 6.32. The van der Waals surface area contributed by atoms with Crippen LogP contribution in [0.15, 0.2) is 54.6 Å². The molecule has 6 nitrogen and oxygen atoms in total. The van der Waals surface area contributed by atoms with Crippen molar-refractivity contribution >= 4 is 5.91 Å². The van der Waals surface area contributed by atoms with Crippen molar-refractivity contribution in [3.05, 3.63) is 77.6 Å². The number of benzene rings is 2. The second kappa shape index (κ2) is 7.89. The number of amides is 1. The summed E-state index contributed by atoms with van der Waals surface area (Å²) in [5.41, 5.74) is 1.42. The van der Waals surface area contributed by atoms with Crippen molar-refractivity contribution in [2.24, 2.45) is 5.41 Å². The van der Waals surface area contributed by atoms with Crippen LogP contribution in [-0.2, 0) is 6.42 Å². The van der Waals surface area contributed by atoms with E-state index in [2.05, 4.69) is 10.1 Å². The van der Waals surface area contributed by atoms with E-state index in [1.54, 1.807) is 21.7 Å². The molecule has 1 aliphatic heterocycles. The van der Waals surface area contributed by atoms with Gasteiger partial charge in [-0.2, -0.15) is 0 Å². The number of carbonyl (C=O) groups is 1. The van der Waals surface area contributed by atoms with Crippen LogP contribution in [0.3, 0.4) is 0 Å². The number of para-hydroxylation sites is 1. The fourth-order valence-electron chi connectivity index (χ4n) is 4.39. The standard InChI is InChI=1S/C24H25FN4O2/c25-19-10-6-17(7-11-19)14-24(16-30)12-13-28(15-24)23(31)21-26-22(18-8-9-18)29(27-21)20-4-2-1-3-5-20/h1-7,10-11,18,30H,8-9,12-16H2. The fraction of sp³-hybridized carbons (Fsp3) is 0.375. The lowest BCUT2D eigenvalue weighted by atomic mass is 9.81. The van der Waals surface area contributed by atoms with Gasteiger partial charge in [0, 0.05) is 24.4 Å². The van der Waals surface area contributed by atoms with Gasteiger partial charge in [-0.3, -0.25) is 4.79 Å². The summed E-state index contributed by atoms with van der Waals surface area (Å²) in [6.07, 6.45) is 3.40. The van der Waals surface area contributed by atoms with Crippen molar-refractivity contribution in [2.75, 3.05) is 19.7 Å². The van der Waals surface area contributed by atoms with Crippen LogP contribution in [-0.4, -0.2) is 50.4 Å². The SMILES string of the molecule is O=C(c1nc(C2CC2)n(-c2ccccc2)n1)N1CCC(CO)(Cc2ccc(F)cc2)C1. The van der Waals surface area contributed by atoms with Gasteiger partial charge in [0.25, 0.3) is 5.91 Å². The van der Waals surface area contributed by atoms with Crippen molar-refractivity contribution in [2.45, 2.75) is 31.6 Å². The van der Waals surface area contributed by atoms with Gasteiger partial charge >= 0.3 is 0 Å². The molecular weight excluding hydrogens is 395 g/mol. The highest BCUT2D eigenvalue weighted by Gasteiger charge is 2.41. The van der Waals surface area contributed by atoms with Crippen LogP contribution in [0.4, 0.5) is 4.39 Å². The Morgan fingerprint density at radius 3 is 2.55 bits per heavy atom. The molecule has 0 spiro atoms. The number of hydrogen-bond acceptors (Lipinski definition) is 4. The van der Waals surface area contributed by atoms with Crippen LogP contribution in [0.2, 0.25) is 0 Å². The summed E-state index contributed by atoms with van der Waals surface area (Å²) in [5, 5.41) is 14.7. The average Bonchev–Trinajstić information content (AvgIpc) is 3.41. The van der Waals surface area contributed by atoms with E-state index >= 15 is 0 Å². The molecule has 1 N–H and O–H groups in total. The van der Waals surface area contributed by atoms with E-state index < -0.39 is 5.41 Å². The topological polar surface area (TPSA) is 71.2 Å². The maximum absolute atomic E-state index is 13.2. The predicted octanol–water partition coefficient (Wildman–Crippen LogP) is 3.35. The summed E-state index contributed by atoms with van der Waals surface area (Å²) < 4.78 is 15.0. The van der Waals surface area contributed by atoms with E-state index in [1.165, 1.54) is 12.1 Å². The minimum absolute atomic E-state index is 0.0344. The lowest BCUT2D eigenvalue weighted by molar-refractivity contribution is 0.0728. The van der Waals surface area contributed by atoms with Gasteiger partial charge < -0.3 is 10.0 Å². The Hall–Kier alpha value is -3.06. The molecule has 2 aromatic carbocycles. The third kappa shape index (κ3) is 3.97. The Labute approximate surface area is 180 Å². The molecule has 1 aromatic heterocycles. The van der Waals surface area contributed by atoms with Gasteiger partial charge in [-0.25, -0.2) is 14.1 Å². The van der Waals surface area contributed by atoms with E-state index in [0.29, 0.717) is 31.8 Å². The Kier molecular flexibility index (Phi) is 5.06. The van der Waals surface area contributed by atoms with Gasteiger partial charge in [-0.1, -0.05) is 30.3 Å². The van der Waals surface area contributed by atoms with E-state index in [-0.39, 0.29) is 24.2 Å². The molecule has 2 fully saturated rings. The summed E-state index contributed by atoms with van der Waals surface area (Å²) in [6, 6.07) is 16.1. The van der Waals surface area contributed by atoms with Crippen LogP contribution in [0, 0.1) is 11.2 Å². The maximum atomic E-state index is 13.2. The predicted molar refractivity (Wildman–Crippen MR) is 113 cm³/mol. The number of aromatic nitrogens is 3. The molecule has 3 aromatic rings. The van der Waals surface area contributed by atoms with Gasteiger partial charge in [0.2, 0.25) is 5.82 Å². The fourth-order valence-corrected chi connectivity index (χ4v) is 4.39. The van der Waals surface area contributed by atoms with Gasteiger partial charge in [0.15, 0.2) is 0 Å². The summed E-state index contributed by atoms with van der Waals surface area (Å²) in [7, 11) is 0. The largest absolute Gasteiger partial charge is 0.396 e. The van der Waals surface area contributed by atoms with Crippen LogP contribution in [0.1, 0.15) is 47.2 Å². The summed E-state index contributed by atoms with van der Waals surface area (Å²) in [4.78, 5) is 19.6. The van der Waals surface area contributed by atoms with Crippen molar-refractivity contribution < 1.29 is 14.3 Å². The molecule has 2 heterocycles. The highest BCUT2D eigenvalue weighted by molar-refractivity contribution is 5.90. The molecule has 1 saturated carbocycles. The molecule has 2 aliphatic rings. The van der Waals surface area contributed by atoms with Crippen molar-refractivity contribution in [3.63, 3.8) is 0 Å². The highest BCUT2D eigenvalue weighted by atomic mass is 19.1. The molecule has 5 rings (SSSR count). The molecule has 1 aliphatic carbocycles. The minimum atomic E-state index is -0.436. The number of hydrogen-bond donors (Lipinski definition) is 1. The molecular formula is C24H25FN4O2. The maximum Gasteiger partial charge on any atom is 0.293 e. The molecule has 1 amide bonds. The highest BCUT2D eigenvalue weighted by Crippen LogP contribution is 2.40. The molecule has 1 unspecified atom stereocenters. The number of aliphatic hydroxyl groups excluding tert-OH is 1. The van der Waals surface area contributed by atoms with Crippen LogP contribution in [0.25, 0.3) is 5.69 Å². The number of aliphatic hydroxyl groups is 1. The number of nitrogens with zero attached hydrogens (tertiary/aromatic N) is 4. The van der Waals surface area contributed by atoms with Crippen LogP contribution < -0.4 is 0 Å². The quantitative estimate of drug-likeness (QED) is 0.664. The normalized spacial score (nSPS) is 20.9. The zero-order chi connectivity index (χ0) is 21.4. The van der Waals surface area contributed by atoms with Crippen LogP contribution >= 0.6 is 0 Å². The zero-order valence-corrected chi connectivity index (χ0v) is 17.2. The van der Waals surface area contributed by atoms with Crippen molar-refractivity contribution in [1.82, 2.24) is 19.7 Å². The van der Waals surface area contributed by atoms with Gasteiger partial charge in [0.05, 0.1) is 12.3 Å². The van der Waals surface area contributed by atoms with E-state index in [4.69, 9.17) is 0 Å². The first-order valence-electron chi connectivity index (χ1n) is 10.7. The Balaban J connectivity index is 1.36.